The summed E-state index contributed by atoms with van der Waals surface area (Å²) in [6.45, 7) is 3.72. The molecule has 3 rings (SSSR count). The van der Waals surface area contributed by atoms with Gasteiger partial charge in [0.25, 0.3) is 5.69 Å². The number of benzene rings is 1. The van der Waals surface area contributed by atoms with Crippen molar-refractivity contribution in [2.45, 2.75) is 25.4 Å². The third-order valence-corrected chi connectivity index (χ3v) is 4.73. The van der Waals surface area contributed by atoms with Gasteiger partial charge in [0.05, 0.1) is 4.92 Å². The normalized spacial score (nSPS) is 11.6. The van der Waals surface area contributed by atoms with E-state index < -0.39 is 10.9 Å². The van der Waals surface area contributed by atoms with Gasteiger partial charge in [0.2, 0.25) is 5.16 Å². The maximum atomic E-state index is 11.6. The smallest absolute Gasteiger partial charge is 0.342 e. The number of hydrogen-bond acceptors (Lipinski definition) is 7. The second kappa shape index (κ2) is 8.09. The molecule has 9 nitrogen and oxygen atoms in total. The number of aryl methyl sites for hydroxylation is 2. The van der Waals surface area contributed by atoms with E-state index in [1.807, 2.05) is 13.8 Å². The first-order chi connectivity index (χ1) is 13.4. The number of nitrogens with one attached hydrogen (secondary N) is 1. The van der Waals surface area contributed by atoms with Gasteiger partial charge in [-0.1, -0.05) is 13.0 Å². The third kappa shape index (κ3) is 4.29. The summed E-state index contributed by atoms with van der Waals surface area (Å²) in [4.78, 5) is 26.3. The molecule has 0 saturated carbocycles. The third-order valence-electron chi connectivity index (χ3n) is 3.86. The molecular formula is C18H16N4O5S. The molecule has 0 bridgehead atoms. The maximum Gasteiger partial charge on any atom is 0.342 e. The quantitative estimate of drug-likeness (QED) is 0.262. The van der Waals surface area contributed by atoms with Gasteiger partial charge in [-0.15, -0.1) is 5.10 Å². The Morgan fingerprint density at radius 2 is 2.18 bits per heavy atom. The van der Waals surface area contributed by atoms with E-state index in [1.54, 1.807) is 18.2 Å². The summed E-state index contributed by atoms with van der Waals surface area (Å²) in [5, 5.41) is 27.5. The number of carbonyl (C=O) groups is 1. The van der Waals surface area contributed by atoms with Crippen LogP contribution in [0.4, 0.5) is 5.69 Å². The number of furan rings is 1. The zero-order valence-electron chi connectivity index (χ0n) is 15.0. The number of aliphatic carboxylic acids is 1. The first-order valence-electron chi connectivity index (χ1n) is 8.26. The number of non-ortho nitro benzene ring substituents is 1. The minimum atomic E-state index is -1.14. The molecule has 28 heavy (non-hydrogen) atoms. The van der Waals surface area contributed by atoms with Crippen molar-refractivity contribution in [1.82, 2.24) is 15.2 Å². The lowest BCUT2D eigenvalue weighted by Crippen LogP contribution is -1.97. The Morgan fingerprint density at radius 3 is 2.82 bits per heavy atom. The molecule has 0 saturated heterocycles. The van der Waals surface area contributed by atoms with Gasteiger partial charge in [0, 0.05) is 30.2 Å². The SMILES string of the molecule is CCc1nc(S/C(=C/c2ccc(-c3cc([N+](=O)[O-])ccc3C)o2)C(=O)O)n[nH]1. The molecule has 0 aliphatic rings. The van der Waals surface area contributed by atoms with E-state index in [2.05, 4.69) is 15.2 Å². The minimum Gasteiger partial charge on any atom is -0.477 e. The van der Waals surface area contributed by atoms with Crippen molar-refractivity contribution in [3.8, 4) is 11.3 Å². The highest BCUT2D eigenvalue weighted by atomic mass is 32.2. The summed E-state index contributed by atoms with van der Waals surface area (Å²) in [6, 6.07) is 7.73. The second-order valence-corrected chi connectivity index (χ2v) is 6.80. The second-order valence-electron chi connectivity index (χ2n) is 5.79. The van der Waals surface area contributed by atoms with Crippen molar-refractivity contribution in [2.75, 3.05) is 0 Å². The van der Waals surface area contributed by atoms with Crippen molar-refractivity contribution in [1.29, 1.82) is 0 Å². The Kier molecular flexibility index (Phi) is 5.59. The fourth-order valence-electron chi connectivity index (χ4n) is 2.41. The minimum absolute atomic E-state index is 0.0154. The van der Waals surface area contributed by atoms with Gasteiger partial charge >= 0.3 is 5.97 Å². The zero-order valence-corrected chi connectivity index (χ0v) is 15.8. The molecule has 0 fully saturated rings. The largest absolute Gasteiger partial charge is 0.477 e. The average Bonchev–Trinajstić information content (AvgIpc) is 3.30. The van der Waals surface area contributed by atoms with Gasteiger partial charge in [0.15, 0.2) is 0 Å². The van der Waals surface area contributed by atoms with Crippen LogP contribution in [-0.2, 0) is 11.2 Å². The molecule has 0 atom stereocenters. The Bertz CT molecular complexity index is 1070. The van der Waals surface area contributed by atoms with Crippen LogP contribution in [0.1, 0.15) is 24.1 Å². The van der Waals surface area contributed by atoms with Gasteiger partial charge < -0.3 is 9.52 Å². The van der Waals surface area contributed by atoms with Gasteiger partial charge in [-0.05, 0) is 36.4 Å². The number of carboxylic acid groups (broad SMARTS) is 1. The Balaban J connectivity index is 1.90. The first kappa shape index (κ1) is 19.4. The Hall–Kier alpha value is -3.40. The highest BCUT2D eigenvalue weighted by Crippen LogP contribution is 2.31. The van der Waals surface area contributed by atoms with Crippen LogP contribution in [0.25, 0.3) is 17.4 Å². The van der Waals surface area contributed by atoms with E-state index in [4.69, 9.17) is 4.42 Å². The maximum absolute atomic E-state index is 11.6. The molecule has 0 aliphatic carbocycles. The lowest BCUT2D eigenvalue weighted by molar-refractivity contribution is -0.384. The molecule has 2 N–H and O–H groups in total. The number of rotatable bonds is 7. The van der Waals surface area contributed by atoms with Crippen molar-refractivity contribution in [3.63, 3.8) is 0 Å². The summed E-state index contributed by atoms with van der Waals surface area (Å²) < 4.78 is 5.71. The van der Waals surface area contributed by atoms with Crippen LogP contribution in [-0.4, -0.2) is 31.2 Å². The predicted molar refractivity (Wildman–Crippen MR) is 103 cm³/mol. The summed E-state index contributed by atoms with van der Waals surface area (Å²) >= 11 is 0.901. The number of nitro benzene ring substituents is 1. The number of hydrogen-bond donors (Lipinski definition) is 2. The lowest BCUT2D eigenvalue weighted by atomic mass is 10.1. The van der Waals surface area contributed by atoms with E-state index in [-0.39, 0.29) is 10.6 Å². The van der Waals surface area contributed by atoms with Gasteiger partial charge in [0.1, 0.15) is 22.3 Å². The molecule has 2 heterocycles. The summed E-state index contributed by atoms with van der Waals surface area (Å²) in [5.41, 5.74) is 1.32. The summed E-state index contributed by atoms with van der Waals surface area (Å²) in [5.74, 6) is 0.233. The molecule has 0 amide bonds. The molecule has 3 aromatic rings. The molecule has 0 spiro atoms. The molecule has 10 heteroatoms. The van der Waals surface area contributed by atoms with E-state index >= 15 is 0 Å². The summed E-state index contributed by atoms with van der Waals surface area (Å²) in [6.07, 6.45) is 2.02. The first-order valence-corrected chi connectivity index (χ1v) is 9.08. The topological polar surface area (TPSA) is 135 Å². The number of aromatic amines is 1. The molecule has 144 valence electrons. The van der Waals surface area contributed by atoms with Gasteiger partial charge in [-0.25, -0.2) is 9.78 Å². The van der Waals surface area contributed by atoms with Crippen LogP contribution in [0, 0.1) is 17.0 Å². The van der Waals surface area contributed by atoms with E-state index in [1.165, 1.54) is 18.2 Å². The molecule has 0 aliphatic heterocycles. The van der Waals surface area contributed by atoms with Crippen molar-refractivity contribution in [2.24, 2.45) is 0 Å². The molecule has 2 aromatic heterocycles. The Morgan fingerprint density at radius 1 is 1.39 bits per heavy atom. The Labute approximate surface area is 163 Å². The zero-order chi connectivity index (χ0) is 20.3. The molecule has 1 aromatic carbocycles. The summed E-state index contributed by atoms with van der Waals surface area (Å²) in [7, 11) is 0. The van der Waals surface area contributed by atoms with E-state index in [0.717, 1.165) is 17.3 Å². The molecule has 0 radical (unpaired) electrons. The van der Waals surface area contributed by atoms with Crippen LogP contribution >= 0.6 is 11.8 Å². The van der Waals surface area contributed by atoms with Crippen LogP contribution in [0.5, 0.6) is 0 Å². The monoisotopic (exact) mass is 400 g/mol. The van der Waals surface area contributed by atoms with Gasteiger partial charge in [-0.2, -0.15) is 0 Å². The number of aromatic nitrogens is 3. The highest BCUT2D eigenvalue weighted by molar-refractivity contribution is 8.04. The van der Waals surface area contributed by atoms with Crippen LogP contribution in [0.2, 0.25) is 0 Å². The van der Waals surface area contributed by atoms with Crippen molar-refractivity contribution < 1.29 is 19.2 Å². The van der Waals surface area contributed by atoms with Crippen LogP contribution in [0.3, 0.4) is 0 Å². The standard InChI is InChI=1S/C18H16N4O5S/c1-3-16-19-18(21-20-16)28-15(17(23)24)9-12-6-7-14(27-12)13-8-11(22(25)26)5-4-10(13)2/h4-9H,3H2,1-2H3,(H,23,24)(H,19,20,21)/b15-9+. The fraction of sp³-hybridized carbons (Fsp3) is 0.167. The number of thioether (sulfide) groups is 1. The molecular weight excluding hydrogens is 384 g/mol. The number of nitrogens with zero attached hydrogens (tertiary/aromatic N) is 3. The van der Waals surface area contributed by atoms with Gasteiger partial charge in [-0.3, -0.25) is 15.2 Å². The van der Waals surface area contributed by atoms with Crippen molar-refractivity contribution >= 4 is 29.5 Å². The lowest BCUT2D eigenvalue weighted by Gasteiger charge is -2.02. The molecule has 0 unspecified atom stereocenters. The highest BCUT2D eigenvalue weighted by Gasteiger charge is 2.16. The van der Waals surface area contributed by atoms with E-state index in [0.29, 0.717) is 34.5 Å². The number of carboxylic acids is 1. The number of nitro groups is 1. The van der Waals surface area contributed by atoms with Crippen LogP contribution < -0.4 is 0 Å². The van der Waals surface area contributed by atoms with Crippen LogP contribution in [0.15, 0.2) is 44.8 Å². The average molecular weight is 400 g/mol. The van der Waals surface area contributed by atoms with E-state index in [9.17, 15) is 20.0 Å². The number of H-pyrrole nitrogens is 1. The predicted octanol–water partition coefficient (Wildman–Crippen LogP) is 4.06. The van der Waals surface area contributed by atoms with Crippen molar-refractivity contribution in [3.05, 3.63) is 62.5 Å². The fourth-order valence-corrected chi connectivity index (χ4v) is 3.11.